The molecule has 104 valence electrons. The number of nitrogens with one attached hydrogen (secondary N) is 1. The second-order valence-electron chi connectivity index (χ2n) is 3.99. The molecule has 0 aromatic heterocycles. The van der Waals surface area contributed by atoms with Gasteiger partial charge in [0, 0.05) is 5.69 Å². The zero-order valence-corrected chi connectivity index (χ0v) is 15.3. The Balaban J connectivity index is 0.00000220. The van der Waals surface area contributed by atoms with Crippen LogP contribution in [0.5, 0.6) is 0 Å². The van der Waals surface area contributed by atoms with Gasteiger partial charge < -0.3 is 15.2 Å². The Labute approximate surface area is 159 Å². The van der Waals surface area contributed by atoms with Crippen molar-refractivity contribution >= 4 is 52.1 Å². The Morgan fingerprint density at radius 2 is 1.62 bits per heavy atom. The summed E-state index contributed by atoms with van der Waals surface area (Å²) < 4.78 is 0. The van der Waals surface area contributed by atoms with Gasteiger partial charge in [-0.15, -0.1) is 11.6 Å². The number of hydrogen-bond donors (Lipinski definition) is 1. The molecule has 21 heavy (non-hydrogen) atoms. The molecule has 2 rings (SSSR count). The van der Waals surface area contributed by atoms with Gasteiger partial charge in [-0.3, -0.25) is 0 Å². The molecular weight excluding hydrogens is 344 g/mol. The van der Waals surface area contributed by atoms with Gasteiger partial charge in [0.05, 0.1) is 27.1 Å². The number of para-hydroxylation sites is 2. The van der Waals surface area contributed by atoms with Crippen molar-refractivity contribution in [2.75, 3.05) is 5.32 Å². The Bertz CT molecular complexity index is 632. The molecule has 2 aromatic carbocycles. The second kappa shape index (κ2) is 8.28. The molecule has 0 spiro atoms. The van der Waals surface area contributed by atoms with Crippen LogP contribution in [0.2, 0.25) is 10.0 Å². The largest absolute Gasteiger partial charge is 1.00 e. The average Bonchev–Trinajstić information content (AvgIpc) is 2.42. The van der Waals surface area contributed by atoms with Crippen LogP contribution in [0.4, 0.5) is 11.4 Å². The molecule has 3 nitrogen and oxygen atoms in total. The molecule has 1 atom stereocenters. The first-order valence-corrected chi connectivity index (χ1v) is 6.85. The minimum absolute atomic E-state index is 0. The van der Waals surface area contributed by atoms with Gasteiger partial charge in [0.1, 0.15) is 0 Å². The fourth-order valence-electron chi connectivity index (χ4n) is 1.71. The van der Waals surface area contributed by atoms with Crippen LogP contribution in [0.1, 0.15) is 10.9 Å². The van der Waals surface area contributed by atoms with Gasteiger partial charge in [0.25, 0.3) is 0 Å². The SMILES string of the molecule is O=C([O-])C(Cl)c1ccccc1Nc1c(Cl)cccc1Cl.[Na+]. The third kappa shape index (κ3) is 4.52. The number of rotatable bonds is 4. The molecule has 0 aliphatic heterocycles. The summed E-state index contributed by atoms with van der Waals surface area (Å²) in [6, 6.07) is 11.8. The van der Waals surface area contributed by atoms with Crippen LogP contribution in [0.15, 0.2) is 42.5 Å². The zero-order valence-electron chi connectivity index (χ0n) is 11.1. The number of aliphatic carboxylic acids is 1. The van der Waals surface area contributed by atoms with E-state index in [9.17, 15) is 9.90 Å². The molecule has 0 bridgehead atoms. The molecule has 0 saturated heterocycles. The molecule has 0 aliphatic rings. The fraction of sp³-hybridized carbons (Fsp3) is 0.0714. The van der Waals surface area contributed by atoms with E-state index >= 15 is 0 Å². The summed E-state index contributed by atoms with van der Waals surface area (Å²) in [4.78, 5) is 10.9. The van der Waals surface area contributed by atoms with E-state index in [1.807, 2.05) is 0 Å². The van der Waals surface area contributed by atoms with Crippen molar-refractivity contribution in [2.45, 2.75) is 5.38 Å². The van der Waals surface area contributed by atoms with Gasteiger partial charge in [-0.1, -0.05) is 47.5 Å². The molecule has 0 fully saturated rings. The van der Waals surface area contributed by atoms with E-state index in [1.165, 1.54) is 0 Å². The average molecular weight is 353 g/mol. The van der Waals surface area contributed by atoms with Gasteiger partial charge >= 0.3 is 29.6 Å². The van der Waals surface area contributed by atoms with Gasteiger partial charge in [0.15, 0.2) is 0 Å². The Kier molecular flexibility index (Phi) is 7.34. The monoisotopic (exact) mass is 351 g/mol. The molecule has 1 N–H and O–H groups in total. The maximum atomic E-state index is 10.9. The second-order valence-corrected chi connectivity index (χ2v) is 5.24. The topological polar surface area (TPSA) is 52.2 Å². The maximum absolute atomic E-state index is 10.9. The summed E-state index contributed by atoms with van der Waals surface area (Å²) in [7, 11) is 0. The van der Waals surface area contributed by atoms with Crippen molar-refractivity contribution in [1.82, 2.24) is 0 Å². The first-order valence-electron chi connectivity index (χ1n) is 5.65. The number of carboxylic acid groups (broad SMARTS) is 1. The van der Waals surface area contributed by atoms with Crippen LogP contribution in [0, 0.1) is 0 Å². The van der Waals surface area contributed by atoms with Crippen LogP contribution >= 0.6 is 34.8 Å². The number of benzene rings is 2. The first kappa shape index (κ1) is 18.6. The van der Waals surface area contributed by atoms with Crippen LogP contribution in [-0.4, -0.2) is 5.97 Å². The Morgan fingerprint density at radius 3 is 2.19 bits per heavy atom. The van der Waals surface area contributed by atoms with E-state index < -0.39 is 11.3 Å². The number of halogens is 3. The van der Waals surface area contributed by atoms with Crippen LogP contribution in [-0.2, 0) is 4.79 Å². The minimum atomic E-state index is -1.37. The third-order valence-corrected chi connectivity index (χ3v) is 3.71. The van der Waals surface area contributed by atoms with E-state index in [2.05, 4.69) is 5.32 Å². The predicted molar refractivity (Wildman–Crippen MR) is 79.8 cm³/mol. The van der Waals surface area contributed by atoms with Gasteiger partial charge in [-0.2, -0.15) is 0 Å². The maximum Gasteiger partial charge on any atom is 1.00 e. The van der Waals surface area contributed by atoms with E-state index in [0.717, 1.165) is 0 Å². The van der Waals surface area contributed by atoms with Gasteiger partial charge in [-0.05, 0) is 23.8 Å². The quantitative estimate of drug-likeness (QED) is 0.653. The predicted octanol–water partition coefficient (Wildman–Crippen LogP) is 0.771. The molecular formula is C14H9Cl3NNaO2. The van der Waals surface area contributed by atoms with Crippen LogP contribution < -0.4 is 40.0 Å². The number of anilines is 2. The number of hydrogen-bond acceptors (Lipinski definition) is 3. The van der Waals surface area contributed by atoms with Crippen molar-refractivity contribution < 1.29 is 39.5 Å². The molecule has 0 saturated carbocycles. The number of alkyl halides is 1. The van der Waals surface area contributed by atoms with Crippen molar-refractivity contribution in [3.05, 3.63) is 58.1 Å². The summed E-state index contributed by atoms with van der Waals surface area (Å²) in [5, 5.41) is 13.5. The van der Waals surface area contributed by atoms with Gasteiger partial charge in [-0.25, -0.2) is 0 Å². The number of carboxylic acids is 1. The zero-order chi connectivity index (χ0) is 14.7. The van der Waals surface area contributed by atoms with Crippen LogP contribution in [0.25, 0.3) is 0 Å². The van der Waals surface area contributed by atoms with Gasteiger partial charge in [0.2, 0.25) is 0 Å². The summed E-state index contributed by atoms with van der Waals surface area (Å²) >= 11 is 18.0. The molecule has 2 aromatic rings. The molecule has 0 heterocycles. The number of carbonyl (C=O) groups is 1. The van der Waals surface area contributed by atoms with Crippen molar-refractivity contribution in [3.63, 3.8) is 0 Å². The molecule has 1 unspecified atom stereocenters. The molecule has 7 heteroatoms. The molecule has 0 aliphatic carbocycles. The summed E-state index contributed by atoms with van der Waals surface area (Å²) in [6.45, 7) is 0. The summed E-state index contributed by atoms with van der Waals surface area (Å²) in [5.41, 5.74) is 1.38. The van der Waals surface area contributed by atoms with Crippen molar-refractivity contribution in [2.24, 2.45) is 0 Å². The minimum Gasteiger partial charge on any atom is -0.548 e. The first-order chi connectivity index (χ1) is 9.50. The summed E-state index contributed by atoms with van der Waals surface area (Å²) in [6.07, 6.45) is 0. The van der Waals surface area contributed by atoms with Crippen molar-refractivity contribution in [1.29, 1.82) is 0 Å². The number of carbonyl (C=O) groups excluding carboxylic acids is 1. The van der Waals surface area contributed by atoms with E-state index in [1.54, 1.807) is 42.5 Å². The smallest absolute Gasteiger partial charge is 0.548 e. The van der Waals surface area contributed by atoms with E-state index in [4.69, 9.17) is 34.8 Å². The Morgan fingerprint density at radius 1 is 1.05 bits per heavy atom. The Hall–Kier alpha value is -0.420. The van der Waals surface area contributed by atoms with Crippen LogP contribution in [0.3, 0.4) is 0 Å². The normalized spacial score (nSPS) is 11.4. The van der Waals surface area contributed by atoms with Crippen molar-refractivity contribution in [3.8, 4) is 0 Å². The van der Waals surface area contributed by atoms with E-state index in [-0.39, 0.29) is 29.6 Å². The van der Waals surface area contributed by atoms with E-state index in [0.29, 0.717) is 27.0 Å². The standard InChI is InChI=1S/C14H10Cl3NO2.Na/c15-9-5-3-6-10(16)13(9)18-11-7-2-1-4-8(11)12(17)14(19)20;/h1-7,12,18H,(H,19,20);/q;+1/p-1. The fourth-order valence-corrected chi connectivity index (χ4v) is 2.39. The third-order valence-electron chi connectivity index (χ3n) is 2.66. The summed E-state index contributed by atoms with van der Waals surface area (Å²) in [5.74, 6) is -1.37. The molecule has 0 radical (unpaired) electrons. The molecule has 0 amide bonds.